The third-order valence-electron chi connectivity index (χ3n) is 2.29. The smallest absolute Gasteiger partial charge is 0.284 e. The first kappa shape index (κ1) is 11.2. The number of nitrogens with zero attached hydrogens (tertiary/aromatic N) is 3. The Balaban J connectivity index is 3.60. The lowest BCUT2D eigenvalue weighted by Gasteiger charge is -2.11. The molecular formula is C10H13N3O2. The average molecular weight is 207 g/mol. The lowest BCUT2D eigenvalue weighted by atomic mass is 10.3. The number of nitriles is 1. The minimum atomic E-state index is -0.561. The molecule has 1 aromatic heterocycles. The fraction of sp³-hybridized carbons (Fsp3) is 0.500. The molecule has 0 radical (unpaired) electrons. The van der Waals surface area contributed by atoms with Crippen LogP contribution < -0.4 is 11.2 Å². The molecule has 1 unspecified atom stereocenters. The van der Waals surface area contributed by atoms with Crippen LogP contribution in [-0.4, -0.2) is 9.13 Å². The molecule has 15 heavy (non-hydrogen) atoms. The third-order valence-corrected chi connectivity index (χ3v) is 2.29. The Morgan fingerprint density at radius 3 is 2.60 bits per heavy atom. The van der Waals surface area contributed by atoms with Crippen LogP contribution in [0.1, 0.15) is 25.5 Å². The molecule has 1 aromatic rings. The Hall–Kier alpha value is -1.83. The van der Waals surface area contributed by atoms with E-state index >= 15 is 0 Å². The van der Waals surface area contributed by atoms with Crippen LogP contribution in [0.25, 0.3) is 0 Å². The van der Waals surface area contributed by atoms with E-state index in [4.69, 9.17) is 5.26 Å². The van der Waals surface area contributed by atoms with Gasteiger partial charge in [-0.1, -0.05) is 0 Å². The van der Waals surface area contributed by atoms with Gasteiger partial charge >= 0.3 is 5.69 Å². The quantitative estimate of drug-likeness (QED) is 0.706. The van der Waals surface area contributed by atoms with Gasteiger partial charge in [0.2, 0.25) is 0 Å². The van der Waals surface area contributed by atoms with Crippen molar-refractivity contribution in [1.29, 1.82) is 5.26 Å². The molecule has 1 atom stereocenters. The van der Waals surface area contributed by atoms with E-state index in [9.17, 15) is 9.59 Å². The van der Waals surface area contributed by atoms with Gasteiger partial charge in [-0.05, 0) is 20.8 Å². The molecule has 0 N–H and O–H groups in total. The minimum absolute atomic E-state index is 0.288. The molecule has 0 aliphatic carbocycles. The highest BCUT2D eigenvalue weighted by Gasteiger charge is 2.11. The summed E-state index contributed by atoms with van der Waals surface area (Å²) in [6.07, 6.45) is 1.44. The van der Waals surface area contributed by atoms with E-state index in [1.165, 1.54) is 10.8 Å². The fourth-order valence-electron chi connectivity index (χ4n) is 1.38. The van der Waals surface area contributed by atoms with E-state index in [2.05, 4.69) is 0 Å². The van der Waals surface area contributed by atoms with Gasteiger partial charge in [-0.3, -0.25) is 13.9 Å². The predicted octanol–water partition coefficient (Wildman–Crippen LogP) is 0.423. The largest absolute Gasteiger partial charge is 0.332 e. The van der Waals surface area contributed by atoms with Crippen molar-refractivity contribution < 1.29 is 0 Å². The summed E-state index contributed by atoms with van der Waals surface area (Å²) in [5.74, 6) is 0. The molecule has 0 spiro atoms. The van der Waals surface area contributed by atoms with Crippen molar-refractivity contribution in [2.45, 2.75) is 33.4 Å². The molecule has 0 fully saturated rings. The maximum absolute atomic E-state index is 11.7. The SMILES string of the molecule is CCn1c(=O)c(C)cn(C(C)C#N)c1=O. The van der Waals surface area contributed by atoms with Crippen LogP contribution in [0.5, 0.6) is 0 Å². The molecule has 0 bridgehead atoms. The Morgan fingerprint density at radius 1 is 1.53 bits per heavy atom. The van der Waals surface area contributed by atoms with E-state index in [1.54, 1.807) is 20.8 Å². The van der Waals surface area contributed by atoms with Crippen LogP contribution in [0.3, 0.4) is 0 Å². The Bertz CT molecular complexity index is 519. The summed E-state index contributed by atoms with van der Waals surface area (Å²) >= 11 is 0. The molecule has 80 valence electrons. The van der Waals surface area contributed by atoms with Crippen LogP contribution >= 0.6 is 0 Å². The number of rotatable bonds is 2. The van der Waals surface area contributed by atoms with Crippen LogP contribution in [-0.2, 0) is 6.54 Å². The summed E-state index contributed by atoms with van der Waals surface area (Å²) in [7, 11) is 0. The van der Waals surface area contributed by atoms with Gasteiger partial charge in [0.05, 0.1) is 6.07 Å². The van der Waals surface area contributed by atoms with Crippen molar-refractivity contribution in [1.82, 2.24) is 9.13 Å². The van der Waals surface area contributed by atoms with Crippen molar-refractivity contribution in [2.24, 2.45) is 0 Å². The Labute approximate surface area is 87.2 Å². The highest BCUT2D eigenvalue weighted by Crippen LogP contribution is 1.99. The molecule has 1 heterocycles. The third kappa shape index (κ3) is 1.84. The predicted molar refractivity (Wildman–Crippen MR) is 55.7 cm³/mol. The summed E-state index contributed by atoms with van der Waals surface area (Å²) in [6.45, 7) is 5.29. The second-order valence-corrected chi connectivity index (χ2v) is 3.36. The normalized spacial score (nSPS) is 12.1. The monoisotopic (exact) mass is 207 g/mol. The van der Waals surface area contributed by atoms with Gasteiger partial charge in [0.25, 0.3) is 5.56 Å². The first-order chi connectivity index (χ1) is 7.02. The van der Waals surface area contributed by atoms with Crippen molar-refractivity contribution in [3.63, 3.8) is 0 Å². The van der Waals surface area contributed by atoms with Crippen molar-refractivity contribution in [2.75, 3.05) is 0 Å². The summed E-state index contributed by atoms with van der Waals surface area (Å²) in [5, 5.41) is 8.74. The number of hydrogen-bond donors (Lipinski definition) is 0. The first-order valence-corrected chi connectivity index (χ1v) is 4.75. The summed E-state index contributed by atoms with van der Waals surface area (Å²) in [6, 6.07) is 1.41. The molecule has 0 aliphatic heterocycles. The van der Waals surface area contributed by atoms with Crippen molar-refractivity contribution in [3.8, 4) is 6.07 Å². The molecule has 5 nitrogen and oxygen atoms in total. The van der Waals surface area contributed by atoms with E-state index in [0.717, 1.165) is 4.57 Å². The van der Waals surface area contributed by atoms with Gasteiger partial charge in [0.15, 0.2) is 0 Å². The number of hydrogen-bond acceptors (Lipinski definition) is 3. The maximum atomic E-state index is 11.7. The summed E-state index contributed by atoms with van der Waals surface area (Å²) in [4.78, 5) is 23.3. The van der Waals surface area contributed by atoms with E-state index in [0.29, 0.717) is 12.1 Å². The number of aryl methyl sites for hydroxylation is 1. The molecule has 5 heteroatoms. The van der Waals surface area contributed by atoms with Gasteiger partial charge in [0, 0.05) is 18.3 Å². The molecule has 0 aromatic carbocycles. The zero-order chi connectivity index (χ0) is 11.6. The summed E-state index contributed by atoms with van der Waals surface area (Å²) in [5.41, 5.74) is -0.246. The molecular weight excluding hydrogens is 194 g/mol. The molecule has 1 rings (SSSR count). The van der Waals surface area contributed by atoms with Crippen LogP contribution in [0.2, 0.25) is 0 Å². The zero-order valence-electron chi connectivity index (χ0n) is 9.02. The van der Waals surface area contributed by atoms with Gasteiger partial charge in [-0.15, -0.1) is 0 Å². The zero-order valence-corrected chi connectivity index (χ0v) is 9.02. The summed E-state index contributed by atoms with van der Waals surface area (Å²) < 4.78 is 2.41. The van der Waals surface area contributed by atoms with E-state index in [-0.39, 0.29) is 5.56 Å². The van der Waals surface area contributed by atoms with E-state index < -0.39 is 11.7 Å². The lowest BCUT2D eigenvalue weighted by Crippen LogP contribution is -2.41. The fourth-order valence-corrected chi connectivity index (χ4v) is 1.38. The van der Waals surface area contributed by atoms with Gasteiger partial charge < -0.3 is 0 Å². The first-order valence-electron chi connectivity index (χ1n) is 4.75. The van der Waals surface area contributed by atoms with Crippen molar-refractivity contribution >= 4 is 0 Å². The highest BCUT2D eigenvalue weighted by atomic mass is 16.2. The topological polar surface area (TPSA) is 67.8 Å². The van der Waals surface area contributed by atoms with Gasteiger partial charge in [-0.25, -0.2) is 4.79 Å². The average Bonchev–Trinajstić information content (AvgIpc) is 2.23. The Kier molecular flexibility index (Phi) is 3.10. The second-order valence-electron chi connectivity index (χ2n) is 3.36. The minimum Gasteiger partial charge on any atom is -0.284 e. The van der Waals surface area contributed by atoms with E-state index in [1.807, 2.05) is 6.07 Å². The van der Waals surface area contributed by atoms with Gasteiger partial charge in [0.1, 0.15) is 6.04 Å². The second kappa shape index (κ2) is 4.13. The molecule has 0 amide bonds. The Morgan fingerprint density at radius 2 is 2.13 bits per heavy atom. The highest BCUT2D eigenvalue weighted by molar-refractivity contribution is 5.05. The van der Waals surface area contributed by atoms with Crippen LogP contribution in [0.4, 0.5) is 0 Å². The molecule has 0 saturated heterocycles. The van der Waals surface area contributed by atoms with Crippen LogP contribution in [0, 0.1) is 18.3 Å². The number of aromatic nitrogens is 2. The standard InChI is InChI=1S/C10H13N3O2/c1-4-12-9(14)7(2)6-13(10(12)15)8(3)5-11/h6,8H,4H2,1-3H3. The molecule has 0 aliphatic rings. The lowest BCUT2D eigenvalue weighted by molar-refractivity contribution is 0.548. The van der Waals surface area contributed by atoms with Crippen LogP contribution in [0.15, 0.2) is 15.8 Å². The maximum Gasteiger partial charge on any atom is 0.332 e. The molecule has 0 saturated carbocycles. The van der Waals surface area contributed by atoms with Gasteiger partial charge in [-0.2, -0.15) is 5.26 Å². The van der Waals surface area contributed by atoms with Crippen molar-refractivity contribution in [3.05, 3.63) is 32.6 Å².